The van der Waals surface area contributed by atoms with Gasteiger partial charge in [0.05, 0.1) is 0 Å². The highest BCUT2D eigenvalue weighted by Crippen LogP contribution is 2.03. The summed E-state index contributed by atoms with van der Waals surface area (Å²) in [6, 6.07) is 17.0. The highest BCUT2D eigenvalue weighted by molar-refractivity contribution is 14.0. The molecule has 0 fully saturated rings. The molecule has 0 aliphatic heterocycles. The normalized spacial score (nSPS) is 11.2. The molecular formula is C20H28FIN4. The molecule has 0 saturated heterocycles. The lowest BCUT2D eigenvalue weighted by molar-refractivity contribution is 0.331. The van der Waals surface area contributed by atoms with Gasteiger partial charge in [-0.05, 0) is 36.7 Å². The molecule has 6 heteroatoms. The highest BCUT2D eigenvalue weighted by atomic mass is 127. The van der Waals surface area contributed by atoms with Crippen LogP contribution in [0.25, 0.3) is 0 Å². The van der Waals surface area contributed by atoms with Crippen molar-refractivity contribution >= 4 is 29.9 Å². The number of aliphatic imine (C=N–C) groups is 1. The topological polar surface area (TPSA) is 39.7 Å². The third kappa shape index (κ3) is 8.62. The zero-order chi connectivity index (χ0) is 17.9. The Hall–Kier alpha value is -1.67. The van der Waals surface area contributed by atoms with E-state index in [4.69, 9.17) is 0 Å². The third-order valence-corrected chi connectivity index (χ3v) is 3.92. The summed E-state index contributed by atoms with van der Waals surface area (Å²) in [5.41, 5.74) is 2.42. The summed E-state index contributed by atoms with van der Waals surface area (Å²) < 4.78 is 12.9. The number of benzene rings is 2. The lowest BCUT2D eigenvalue weighted by atomic mass is 10.1. The third-order valence-electron chi connectivity index (χ3n) is 3.92. The number of hydrogen-bond donors (Lipinski definition) is 2. The first-order valence-corrected chi connectivity index (χ1v) is 8.59. The van der Waals surface area contributed by atoms with E-state index in [1.165, 1.54) is 17.7 Å². The maximum atomic E-state index is 12.9. The van der Waals surface area contributed by atoms with Crippen LogP contribution in [0.15, 0.2) is 59.6 Å². The molecule has 2 N–H and O–H groups in total. The van der Waals surface area contributed by atoms with Crippen molar-refractivity contribution in [3.63, 3.8) is 0 Å². The van der Waals surface area contributed by atoms with E-state index in [-0.39, 0.29) is 29.8 Å². The molecule has 0 aromatic heterocycles. The van der Waals surface area contributed by atoms with Crippen molar-refractivity contribution in [2.75, 3.05) is 33.7 Å². The van der Waals surface area contributed by atoms with Crippen LogP contribution in [0.1, 0.15) is 11.1 Å². The smallest absolute Gasteiger partial charge is 0.191 e. The van der Waals surface area contributed by atoms with Crippen LogP contribution in [-0.2, 0) is 13.0 Å². The Morgan fingerprint density at radius 3 is 2.27 bits per heavy atom. The summed E-state index contributed by atoms with van der Waals surface area (Å²) in [5.74, 6) is 0.587. The fraction of sp³-hybridized carbons (Fsp3) is 0.350. The number of guanidine groups is 1. The standard InChI is InChI=1S/C20H27FN4.HI/c1-22-20(23-13-12-17-8-10-19(21)11-9-17)24-14-15-25(2)16-18-6-4-3-5-7-18;/h3-11H,12-16H2,1-2H3,(H2,22,23,24);1H. The van der Waals surface area contributed by atoms with Crippen LogP contribution in [0.5, 0.6) is 0 Å². The number of likely N-dealkylation sites (N-methyl/N-ethyl adjacent to an activating group) is 1. The second kappa shape index (κ2) is 12.6. The van der Waals surface area contributed by atoms with Gasteiger partial charge in [-0.3, -0.25) is 4.99 Å². The van der Waals surface area contributed by atoms with Crippen LogP contribution in [0.4, 0.5) is 4.39 Å². The molecular weight excluding hydrogens is 442 g/mol. The molecule has 0 amide bonds. The van der Waals surface area contributed by atoms with E-state index >= 15 is 0 Å². The first kappa shape index (κ1) is 22.4. The van der Waals surface area contributed by atoms with Crippen LogP contribution in [0.3, 0.4) is 0 Å². The van der Waals surface area contributed by atoms with Crippen LogP contribution in [0.2, 0.25) is 0 Å². The molecule has 0 aliphatic carbocycles. The van der Waals surface area contributed by atoms with Gasteiger partial charge in [-0.2, -0.15) is 0 Å². The molecule has 26 heavy (non-hydrogen) atoms. The molecule has 142 valence electrons. The van der Waals surface area contributed by atoms with Crippen molar-refractivity contribution in [2.24, 2.45) is 4.99 Å². The number of nitrogens with zero attached hydrogens (tertiary/aromatic N) is 2. The fourth-order valence-electron chi connectivity index (χ4n) is 2.54. The zero-order valence-electron chi connectivity index (χ0n) is 15.4. The summed E-state index contributed by atoms with van der Waals surface area (Å²) >= 11 is 0. The van der Waals surface area contributed by atoms with Gasteiger partial charge in [-0.15, -0.1) is 24.0 Å². The molecule has 0 aliphatic rings. The van der Waals surface area contributed by atoms with Crippen molar-refractivity contribution in [1.29, 1.82) is 0 Å². The Morgan fingerprint density at radius 1 is 0.962 bits per heavy atom. The molecule has 0 heterocycles. The van der Waals surface area contributed by atoms with E-state index in [0.29, 0.717) is 0 Å². The molecule has 2 aromatic rings. The number of rotatable bonds is 8. The summed E-state index contributed by atoms with van der Waals surface area (Å²) in [6.07, 6.45) is 0.828. The zero-order valence-corrected chi connectivity index (χ0v) is 17.7. The SMILES string of the molecule is CN=C(NCCc1ccc(F)cc1)NCCN(C)Cc1ccccc1.I. The summed E-state index contributed by atoms with van der Waals surface area (Å²) in [6.45, 7) is 3.43. The lowest BCUT2D eigenvalue weighted by Gasteiger charge is -2.18. The Kier molecular flexibility index (Phi) is 10.9. The van der Waals surface area contributed by atoms with E-state index in [9.17, 15) is 4.39 Å². The predicted molar refractivity (Wildman–Crippen MR) is 118 cm³/mol. The monoisotopic (exact) mass is 470 g/mol. The minimum Gasteiger partial charge on any atom is -0.356 e. The van der Waals surface area contributed by atoms with Gasteiger partial charge < -0.3 is 15.5 Å². The van der Waals surface area contributed by atoms with Gasteiger partial charge in [0.15, 0.2) is 5.96 Å². The van der Waals surface area contributed by atoms with E-state index in [1.54, 1.807) is 7.05 Å². The summed E-state index contributed by atoms with van der Waals surface area (Å²) in [7, 11) is 3.88. The summed E-state index contributed by atoms with van der Waals surface area (Å²) in [5, 5.41) is 6.60. The van der Waals surface area contributed by atoms with E-state index in [2.05, 4.69) is 51.8 Å². The second-order valence-electron chi connectivity index (χ2n) is 6.03. The number of hydrogen-bond acceptors (Lipinski definition) is 2. The highest BCUT2D eigenvalue weighted by Gasteiger charge is 2.02. The number of nitrogens with one attached hydrogen (secondary N) is 2. The van der Waals surface area contributed by atoms with Crippen molar-refractivity contribution < 1.29 is 4.39 Å². The molecule has 0 radical (unpaired) electrons. The molecule has 2 rings (SSSR count). The van der Waals surface area contributed by atoms with Crippen LogP contribution >= 0.6 is 24.0 Å². The average Bonchev–Trinajstić information content (AvgIpc) is 2.63. The Bertz CT molecular complexity index is 647. The van der Waals surface area contributed by atoms with Crippen LogP contribution in [0, 0.1) is 5.82 Å². The van der Waals surface area contributed by atoms with Gasteiger partial charge in [0.2, 0.25) is 0 Å². The van der Waals surface area contributed by atoms with Crippen molar-refractivity contribution in [3.05, 3.63) is 71.5 Å². The van der Waals surface area contributed by atoms with Gasteiger partial charge in [0.1, 0.15) is 5.82 Å². The first-order chi connectivity index (χ1) is 12.2. The van der Waals surface area contributed by atoms with E-state index in [1.807, 2.05) is 18.2 Å². The number of halogens is 2. The summed E-state index contributed by atoms with van der Waals surface area (Å²) in [4.78, 5) is 6.50. The largest absolute Gasteiger partial charge is 0.356 e. The van der Waals surface area contributed by atoms with Gasteiger partial charge in [0.25, 0.3) is 0 Å². The second-order valence-corrected chi connectivity index (χ2v) is 6.03. The Balaban J connectivity index is 0.00000338. The average molecular weight is 470 g/mol. The first-order valence-electron chi connectivity index (χ1n) is 8.59. The van der Waals surface area contributed by atoms with Crippen molar-refractivity contribution in [1.82, 2.24) is 15.5 Å². The maximum absolute atomic E-state index is 12.9. The lowest BCUT2D eigenvalue weighted by Crippen LogP contribution is -2.41. The minimum atomic E-state index is -0.200. The Morgan fingerprint density at radius 2 is 1.62 bits per heavy atom. The van der Waals surface area contributed by atoms with Gasteiger partial charge >= 0.3 is 0 Å². The molecule has 0 bridgehead atoms. The Labute approximate surface area is 172 Å². The van der Waals surface area contributed by atoms with Crippen molar-refractivity contribution in [3.8, 4) is 0 Å². The molecule has 0 spiro atoms. The van der Waals surface area contributed by atoms with Crippen LogP contribution < -0.4 is 10.6 Å². The van der Waals surface area contributed by atoms with Gasteiger partial charge in [-0.1, -0.05) is 42.5 Å². The van der Waals surface area contributed by atoms with E-state index in [0.717, 1.165) is 44.1 Å². The molecule has 0 atom stereocenters. The predicted octanol–water partition coefficient (Wildman–Crippen LogP) is 3.28. The molecule has 4 nitrogen and oxygen atoms in total. The molecule has 0 unspecified atom stereocenters. The minimum absolute atomic E-state index is 0. The van der Waals surface area contributed by atoms with E-state index < -0.39 is 0 Å². The molecule has 2 aromatic carbocycles. The van der Waals surface area contributed by atoms with Crippen LogP contribution in [-0.4, -0.2) is 44.6 Å². The van der Waals surface area contributed by atoms with Gasteiger partial charge in [-0.25, -0.2) is 4.39 Å². The fourth-order valence-corrected chi connectivity index (χ4v) is 2.54. The van der Waals surface area contributed by atoms with Crippen molar-refractivity contribution in [2.45, 2.75) is 13.0 Å². The maximum Gasteiger partial charge on any atom is 0.191 e. The van der Waals surface area contributed by atoms with Gasteiger partial charge in [0, 0.05) is 33.2 Å². The molecule has 0 saturated carbocycles. The quantitative estimate of drug-likeness (QED) is 0.354.